The van der Waals surface area contributed by atoms with E-state index in [0.717, 1.165) is 16.7 Å². The molecule has 2 N–H and O–H groups in total. The number of benzene rings is 2. The minimum absolute atomic E-state index is 0.00644. The second-order valence-corrected chi connectivity index (χ2v) is 6.41. The van der Waals surface area contributed by atoms with E-state index in [9.17, 15) is 15.0 Å². The summed E-state index contributed by atoms with van der Waals surface area (Å²) in [6.45, 7) is 3.70. The van der Waals surface area contributed by atoms with Crippen LogP contribution >= 0.6 is 0 Å². The highest BCUT2D eigenvalue weighted by atomic mass is 16.3. The molecule has 2 aromatic rings. The molecule has 0 bridgehead atoms. The van der Waals surface area contributed by atoms with Crippen LogP contribution in [0.5, 0.6) is 0 Å². The van der Waals surface area contributed by atoms with Crippen molar-refractivity contribution in [3.05, 3.63) is 75.9 Å². The van der Waals surface area contributed by atoms with Crippen molar-refractivity contribution < 1.29 is 15.0 Å². The quantitative estimate of drug-likeness (QED) is 0.856. The Morgan fingerprint density at radius 2 is 1.61 bits per heavy atom. The molecule has 0 heterocycles. The van der Waals surface area contributed by atoms with Gasteiger partial charge in [0.1, 0.15) is 0 Å². The molecule has 1 aliphatic carbocycles. The maximum Gasteiger partial charge on any atom is 0.190 e. The molecule has 118 valence electrons. The number of carbonyl (C=O) groups excluding carboxylic acids is 1. The lowest BCUT2D eigenvalue weighted by atomic mass is 9.81. The standard InChI is InChI=1S/C20H20O3/c1-20(2)17-10-15(12-22)14(11-21)9-16(17)19(23)18(20)8-13-6-4-3-5-7-13/h3-10,21-22H,11-12H2,1-2H3/b18-8-. The van der Waals surface area contributed by atoms with Gasteiger partial charge in [-0.05, 0) is 34.4 Å². The number of carbonyl (C=O) groups is 1. The van der Waals surface area contributed by atoms with Gasteiger partial charge in [0.05, 0.1) is 13.2 Å². The average molecular weight is 308 g/mol. The summed E-state index contributed by atoms with van der Waals surface area (Å²) < 4.78 is 0. The Labute approximate surface area is 135 Å². The predicted octanol–water partition coefficient (Wildman–Crippen LogP) is 3.23. The predicted molar refractivity (Wildman–Crippen MR) is 90.1 cm³/mol. The summed E-state index contributed by atoms with van der Waals surface area (Å²) in [5, 5.41) is 19.0. The van der Waals surface area contributed by atoms with Gasteiger partial charge in [-0.1, -0.05) is 50.2 Å². The molecule has 0 amide bonds. The maximum absolute atomic E-state index is 12.9. The van der Waals surface area contributed by atoms with Gasteiger partial charge in [0.15, 0.2) is 5.78 Å². The van der Waals surface area contributed by atoms with Crippen molar-refractivity contribution in [2.24, 2.45) is 0 Å². The topological polar surface area (TPSA) is 57.5 Å². The van der Waals surface area contributed by atoms with Gasteiger partial charge in [-0.3, -0.25) is 4.79 Å². The number of Topliss-reactive ketones (excluding diaryl/α,β-unsaturated/α-hetero) is 1. The van der Waals surface area contributed by atoms with Gasteiger partial charge in [-0.2, -0.15) is 0 Å². The van der Waals surface area contributed by atoms with Crippen LogP contribution in [0.2, 0.25) is 0 Å². The highest BCUT2D eigenvalue weighted by molar-refractivity contribution is 6.17. The van der Waals surface area contributed by atoms with E-state index in [1.807, 2.05) is 56.3 Å². The molecule has 0 radical (unpaired) electrons. The zero-order valence-corrected chi connectivity index (χ0v) is 13.3. The number of hydrogen-bond donors (Lipinski definition) is 2. The Morgan fingerprint density at radius 3 is 2.22 bits per heavy atom. The molecular weight excluding hydrogens is 288 g/mol. The van der Waals surface area contributed by atoms with Crippen molar-refractivity contribution in [1.29, 1.82) is 0 Å². The summed E-state index contributed by atoms with van der Waals surface area (Å²) >= 11 is 0. The summed E-state index contributed by atoms with van der Waals surface area (Å²) in [4.78, 5) is 12.9. The van der Waals surface area contributed by atoms with E-state index in [-0.39, 0.29) is 19.0 Å². The Balaban J connectivity index is 2.17. The number of aliphatic hydroxyl groups excluding tert-OH is 2. The van der Waals surface area contributed by atoms with E-state index >= 15 is 0 Å². The van der Waals surface area contributed by atoms with Crippen molar-refractivity contribution >= 4 is 11.9 Å². The van der Waals surface area contributed by atoms with Gasteiger partial charge in [-0.25, -0.2) is 0 Å². The van der Waals surface area contributed by atoms with E-state index in [4.69, 9.17) is 0 Å². The minimum atomic E-state index is -0.430. The molecule has 0 saturated carbocycles. The molecule has 3 heteroatoms. The number of hydrogen-bond acceptors (Lipinski definition) is 3. The van der Waals surface area contributed by atoms with Crippen molar-refractivity contribution in [2.75, 3.05) is 0 Å². The molecule has 0 fully saturated rings. The Bertz CT molecular complexity index is 786. The Kier molecular flexibility index (Phi) is 3.92. The van der Waals surface area contributed by atoms with E-state index in [1.165, 1.54) is 0 Å². The van der Waals surface area contributed by atoms with E-state index in [2.05, 4.69) is 0 Å². The molecule has 1 aliphatic rings. The summed E-state index contributed by atoms with van der Waals surface area (Å²) in [5.41, 5.74) is 4.10. The molecule has 3 rings (SSSR count). The molecular formula is C20H20O3. The molecule has 23 heavy (non-hydrogen) atoms. The summed E-state index contributed by atoms with van der Waals surface area (Å²) in [5.74, 6) is -0.00644. The third kappa shape index (κ3) is 2.52. The van der Waals surface area contributed by atoms with Crippen LogP contribution in [-0.4, -0.2) is 16.0 Å². The van der Waals surface area contributed by atoms with E-state index in [1.54, 1.807) is 6.07 Å². The summed E-state index contributed by atoms with van der Waals surface area (Å²) in [7, 11) is 0. The van der Waals surface area contributed by atoms with Gasteiger partial charge >= 0.3 is 0 Å². The SMILES string of the molecule is CC1(C)/C(=C\c2ccccc2)C(=O)c2cc(CO)c(CO)cc21. The van der Waals surface area contributed by atoms with Gasteiger partial charge in [0, 0.05) is 16.6 Å². The zero-order valence-electron chi connectivity index (χ0n) is 13.3. The van der Waals surface area contributed by atoms with Crippen LogP contribution in [0, 0.1) is 0 Å². The number of aliphatic hydroxyl groups is 2. The molecule has 3 nitrogen and oxygen atoms in total. The third-order valence-corrected chi connectivity index (χ3v) is 4.63. The van der Waals surface area contributed by atoms with Crippen molar-refractivity contribution in [3.63, 3.8) is 0 Å². The number of allylic oxidation sites excluding steroid dienone is 1. The normalized spacial score (nSPS) is 17.6. The smallest absolute Gasteiger partial charge is 0.190 e. The first-order valence-electron chi connectivity index (χ1n) is 7.69. The van der Waals surface area contributed by atoms with Gasteiger partial charge in [-0.15, -0.1) is 0 Å². The second-order valence-electron chi connectivity index (χ2n) is 6.41. The Morgan fingerprint density at radius 1 is 1.00 bits per heavy atom. The summed E-state index contributed by atoms with van der Waals surface area (Å²) in [6, 6.07) is 13.3. The lowest BCUT2D eigenvalue weighted by molar-refractivity contribution is 0.103. The molecule has 0 aromatic heterocycles. The van der Waals surface area contributed by atoms with Gasteiger partial charge in [0.25, 0.3) is 0 Å². The van der Waals surface area contributed by atoms with Crippen LogP contribution in [0.25, 0.3) is 6.08 Å². The number of ketones is 1. The number of fused-ring (bicyclic) bond motifs is 1. The van der Waals surface area contributed by atoms with E-state index < -0.39 is 5.41 Å². The molecule has 0 atom stereocenters. The molecule has 0 unspecified atom stereocenters. The van der Waals surface area contributed by atoms with E-state index in [0.29, 0.717) is 16.7 Å². The molecule has 0 aliphatic heterocycles. The van der Waals surface area contributed by atoms with Crippen LogP contribution in [0.15, 0.2) is 48.0 Å². The van der Waals surface area contributed by atoms with Crippen LogP contribution in [-0.2, 0) is 18.6 Å². The van der Waals surface area contributed by atoms with Crippen molar-refractivity contribution in [1.82, 2.24) is 0 Å². The third-order valence-electron chi connectivity index (χ3n) is 4.63. The van der Waals surface area contributed by atoms with Crippen LogP contribution < -0.4 is 0 Å². The first kappa shape index (κ1) is 15.7. The molecule has 0 saturated heterocycles. The van der Waals surface area contributed by atoms with Crippen molar-refractivity contribution in [3.8, 4) is 0 Å². The zero-order chi connectivity index (χ0) is 16.6. The van der Waals surface area contributed by atoms with Crippen LogP contribution in [0.3, 0.4) is 0 Å². The van der Waals surface area contributed by atoms with Crippen LogP contribution in [0.1, 0.15) is 46.5 Å². The highest BCUT2D eigenvalue weighted by Crippen LogP contribution is 2.44. The lowest BCUT2D eigenvalue weighted by Crippen LogP contribution is -2.17. The molecule has 0 spiro atoms. The van der Waals surface area contributed by atoms with Gasteiger partial charge < -0.3 is 10.2 Å². The number of rotatable bonds is 3. The van der Waals surface area contributed by atoms with Crippen molar-refractivity contribution in [2.45, 2.75) is 32.5 Å². The highest BCUT2D eigenvalue weighted by Gasteiger charge is 2.41. The largest absolute Gasteiger partial charge is 0.392 e. The van der Waals surface area contributed by atoms with Crippen LogP contribution in [0.4, 0.5) is 0 Å². The Hall–Kier alpha value is -2.23. The first-order valence-corrected chi connectivity index (χ1v) is 7.69. The monoisotopic (exact) mass is 308 g/mol. The fraction of sp³-hybridized carbons (Fsp3) is 0.250. The molecule has 2 aromatic carbocycles. The fourth-order valence-corrected chi connectivity index (χ4v) is 3.22. The van der Waals surface area contributed by atoms with Gasteiger partial charge in [0.2, 0.25) is 0 Å². The average Bonchev–Trinajstić information content (AvgIpc) is 2.75. The maximum atomic E-state index is 12.9. The fourth-order valence-electron chi connectivity index (χ4n) is 3.22. The lowest BCUT2D eigenvalue weighted by Gasteiger charge is -2.21. The second kappa shape index (κ2) is 5.76. The summed E-state index contributed by atoms with van der Waals surface area (Å²) in [6.07, 6.45) is 1.93. The first-order chi connectivity index (χ1) is 11.0. The minimum Gasteiger partial charge on any atom is -0.392 e.